The van der Waals surface area contributed by atoms with E-state index >= 15 is 0 Å². The molecule has 394 valence electrons. The molecule has 0 bridgehead atoms. The molecule has 0 spiro atoms. The van der Waals surface area contributed by atoms with Gasteiger partial charge in [0.05, 0.1) is 13.2 Å². The fourth-order valence-electron chi connectivity index (χ4n) is 8.23. The van der Waals surface area contributed by atoms with Gasteiger partial charge in [0.25, 0.3) is 0 Å². The first kappa shape index (κ1) is 61.5. The van der Waals surface area contributed by atoms with E-state index in [2.05, 4.69) is 26.0 Å². The van der Waals surface area contributed by atoms with Crippen LogP contribution in [-0.2, 0) is 42.1 Å². The van der Waals surface area contributed by atoms with Crippen molar-refractivity contribution in [2.24, 2.45) is 0 Å². The van der Waals surface area contributed by atoms with Gasteiger partial charge in [-0.05, 0) is 38.5 Å². The molecule has 1 saturated heterocycles. The molecule has 1 aliphatic carbocycles. The SMILES string of the molecule is CCCCCCCCC=CCCCCCC(=O)OCC(COP(=O)(O)OC1C(O)C(O)C(O)C(O)C1OC1OC(CO)C(O)C(O)C1O)OC(=O)CCCCCCCCCCCCCCCC. The third-order valence-corrected chi connectivity index (χ3v) is 13.5. The van der Waals surface area contributed by atoms with E-state index in [1.165, 1.54) is 96.3 Å². The molecule has 0 radical (unpaired) electrons. The minimum Gasteiger partial charge on any atom is -0.462 e. The smallest absolute Gasteiger partial charge is 0.462 e. The first-order valence-corrected chi connectivity index (χ1v) is 27.0. The molecule has 0 amide bonds. The number of aliphatic hydroxyl groups is 8. The number of phosphoric acid groups is 1. The fraction of sp³-hybridized carbons (Fsp3) is 0.917. The molecule has 2 aliphatic rings. The maximum atomic E-state index is 13.4. The topological polar surface area (TPSA) is 289 Å². The quantitative estimate of drug-likeness (QED) is 0.0154. The first-order chi connectivity index (χ1) is 32.2. The van der Waals surface area contributed by atoms with Crippen molar-refractivity contribution >= 4 is 19.8 Å². The molecule has 9 N–H and O–H groups in total. The number of carbonyl (C=O) groups excluding carboxylic acids is 2. The molecule has 1 heterocycles. The van der Waals surface area contributed by atoms with E-state index in [-0.39, 0.29) is 12.8 Å². The van der Waals surface area contributed by atoms with Crippen LogP contribution in [0.1, 0.15) is 187 Å². The highest BCUT2D eigenvalue weighted by Crippen LogP contribution is 2.48. The van der Waals surface area contributed by atoms with E-state index in [4.69, 9.17) is 28.0 Å². The number of phosphoric ester groups is 1. The number of esters is 2. The van der Waals surface area contributed by atoms with Crippen LogP contribution in [0.25, 0.3) is 0 Å². The van der Waals surface area contributed by atoms with E-state index in [0.717, 1.165) is 51.4 Å². The number of unbranched alkanes of at least 4 members (excludes halogenated alkanes) is 22. The van der Waals surface area contributed by atoms with Crippen molar-refractivity contribution in [3.63, 3.8) is 0 Å². The van der Waals surface area contributed by atoms with Gasteiger partial charge in [0.2, 0.25) is 0 Å². The predicted octanol–water partition coefficient (Wildman–Crippen LogP) is 5.71. The molecule has 18 nitrogen and oxygen atoms in total. The van der Waals surface area contributed by atoms with Crippen molar-refractivity contribution in [2.45, 2.75) is 261 Å². The Morgan fingerprint density at radius 3 is 1.49 bits per heavy atom. The normalized spacial score (nSPS) is 28.1. The van der Waals surface area contributed by atoms with Gasteiger partial charge in [-0.25, -0.2) is 4.57 Å². The van der Waals surface area contributed by atoms with Crippen molar-refractivity contribution in [1.82, 2.24) is 0 Å². The molecule has 19 heteroatoms. The summed E-state index contributed by atoms with van der Waals surface area (Å²) in [7, 11) is -5.37. The Labute approximate surface area is 399 Å². The van der Waals surface area contributed by atoms with Crippen LogP contribution in [0.4, 0.5) is 0 Å². The van der Waals surface area contributed by atoms with Gasteiger partial charge in [0, 0.05) is 12.8 Å². The van der Waals surface area contributed by atoms with E-state index < -0.39 is 113 Å². The number of ether oxygens (including phenoxy) is 4. The molecule has 13 unspecified atom stereocenters. The summed E-state index contributed by atoms with van der Waals surface area (Å²) in [5.74, 6) is -1.23. The van der Waals surface area contributed by atoms with Crippen LogP contribution in [0.2, 0.25) is 0 Å². The van der Waals surface area contributed by atoms with Crippen molar-refractivity contribution < 1.29 is 87.9 Å². The van der Waals surface area contributed by atoms with Gasteiger partial charge in [-0.3, -0.25) is 18.6 Å². The van der Waals surface area contributed by atoms with Crippen LogP contribution in [0.3, 0.4) is 0 Å². The van der Waals surface area contributed by atoms with Crippen LogP contribution in [0, 0.1) is 0 Å². The first-order valence-electron chi connectivity index (χ1n) is 25.5. The van der Waals surface area contributed by atoms with E-state index in [9.17, 15) is 59.9 Å². The predicted molar refractivity (Wildman–Crippen MR) is 249 cm³/mol. The Morgan fingerprint density at radius 2 is 0.985 bits per heavy atom. The average molecular weight is 985 g/mol. The summed E-state index contributed by atoms with van der Waals surface area (Å²) in [5, 5.41) is 82.9. The second-order valence-corrected chi connectivity index (χ2v) is 19.8. The lowest BCUT2D eigenvalue weighted by Crippen LogP contribution is -2.67. The summed E-state index contributed by atoms with van der Waals surface area (Å²) < 4.78 is 45.4. The van der Waals surface area contributed by atoms with Gasteiger partial charge in [0.15, 0.2) is 12.4 Å². The van der Waals surface area contributed by atoms with Gasteiger partial charge in [-0.1, -0.05) is 148 Å². The van der Waals surface area contributed by atoms with Crippen LogP contribution in [-0.4, -0.2) is 151 Å². The average Bonchev–Trinajstić information content (AvgIpc) is 3.31. The van der Waals surface area contributed by atoms with E-state index in [0.29, 0.717) is 12.8 Å². The molecule has 13 atom stereocenters. The highest BCUT2D eigenvalue weighted by molar-refractivity contribution is 7.47. The molecule has 67 heavy (non-hydrogen) atoms. The number of allylic oxidation sites excluding steroid dienone is 2. The van der Waals surface area contributed by atoms with Crippen LogP contribution >= 0.6 is 7.82 Å². The number of hydrogen-bond donors (Lipinski definition) is 9. The van der Waals surface area contributed by atoms with Gasteiger partial charge >= 0.3 is 19.8 Å². The molecule has 0 aromatic rings. The molecule has 2 rings (SSSR count). The summed E-state index contributed by atoms with van der Waals surface area (Å²) in [6, 6.07) is 0. The Hall–Kier alpha value is -1.61. The molecule has 1 saturated carbocycles. The fourth-order valence-corrected chi connectivity index (χ4v) is 9.20. The van der Waals surface area contributed by atoms with Crippen LogP contribution < -0.4 is 0 Å². The van der Waals surface area contributed by atoms with Crippen molar-refractivity contribution in [3.05, 3.63) is 12.2 Å². The van der Waals surface area contributed by atoms with Gasteiger partial charge in [0.1, 0.15) is 67.6 Å². The molecule has 0 aromatic heterocycles. The summed E-state index contributed by atoms with van der Waals surface area (Å²) in [6.45, 7) is 2.21. The lowest BCUT2D eigenvalue weighted by Gasteiger charge is -2.47. The van der Waals surface area contributed by atoms with Gasteiger partial charge < -0.3 is 64.7 Å². The van der Waals surface area contributed by atoms with Crippen molar-refractivity contribution in [1.29, 1.82) is 0 Å². The Morgan fingerprint density at radius 1 is 0.552 bits per heavy atom. The Balaban J connectivity index is 1.96. The third-order valence-electron chi connectivity index (χ3n) is 12.5. The molecule has 1 aliphatic heterocycles. The highest BCUT2D eigenvalue weighted by Gasteiger charge is 2.55. The zero-order valence-electron chi connectivity index (χ0n) is 40.4. The summed E-state index contributed by atoms with van der Waals surface area (Å²) >= 11 is 0. The summed E-state index contributed by atoms with van der Waals surface area (Å²) in [5.41, 5.74) is 0. The maximum absolute atomic E-state index is 13.4. The molecule has 0 aromatic carbocycles. The number of rotatable bonds is 39. The Bertz CT molecular complexity index is 1360. The molecule has 2 fully saturated rings. The number of hydrogen-bond acceptors (Lipinski definition) is 17. The minimum absolute atomic E-state index is 0.0342. The zero-order chi connectivity index (χ0) is 49.5. The Kier molecular flexibility index (Phi) is 33.4. The highest BCUT2D eigenvalue weighted by atomic mass is 31.2. The van der Waals surface area contributed by atoms with Crippen LogP contribution in [0.5, 0.6) is 0 Å². The monoisotopic (exact) mass is 985 g/mol. The second kappa shape index (κ2) is 36.3. The minimum atomic E-state index is -5.37. The maximum Gasteiger partial charge on any atom is 0.472 e. The second-order valence-electron chi connectivity index (χ2n) is 18.4. The third kappa shape index (κ3) is 25.4. The van der Waals surface area contributed by atoms with Crippen molar-refractivity contribution in [2.75, 3.05) is 19.8 Å². The van der Waals surface area contributed by atoms with E-state index in [1.54, 1.807) is 0 Å². The lowest BCUT2D eigenvalue weighted by molar-refractivity contribution is -0.338. The zero-order valence-corrected chi connectivity index (χ0v) is 41.3. The molecular weight excluding hydrogens is 895 g/mol. The standard InChI is InChI=1S/C48H89O18P/c1-3-5-7-9-11-13-15-17-19-21-23-25-27-29-31-38(51)63-35(33-61-37(50)30-28-26-24-22-20-18-16-14-12-10-8-6-4-2)34-62-67(59,60)66-47-44(57)42(55)41(54)43(56)46(47)65-48-45(58)40(53)39(52)36(32-49)64-48/h18,20,35-36,39-49,52-58H,3-17,19,21-34H2,1-2H3,(H,59,60). The number of carbonyl (C=O) groups is 2. The largest absolute Gasteiger partial charge is 0.472 e. The van der Waals surface area contributed by atoms with Crippen molar-refractivity contribution in [3.8, 4) is 0 Å². The summed E-state index contributed by atoms with van der Waals surface area (Å²) in [4.78, 5) is 36.5. The van der Waals surface area contributed by atoms with Gasteiger partial charge in [-0.2, -0.15) is 0 Å². The lowest BCUT2D eigenvalue weighted by atomic mass is 9.84. The number of aliphatic hydroxyl groups excluding tert-OH is 8. The summed E-state index contributed by atoms with van der Waals surface area (Å²) in [6.07, 6.45) is 8.70. The molecular formula is C48H89O18P. The van der Waals surface area contributed by atoms with Crippen LogP contribution in [0.15, 0.2) is 12.2 Å². The van der Waals surface area contributed by atoms with E-state index in [1.807, 2.05) is 0 Å². The van der Waals surface area contributed by atoms with Gasteiger partial charge in [-0.15, -0.1) is 0 Å².